The minimum atomic E-state index is -0.0134. The number of hydrogen-bond acceptors (Lipinski definition) is 4. The van der Waals surface area contributed by atoms with E-state index in [1.165, 1.54) is 11.8 Å². The number of amides is 2. The second-order valence-corrected chi connectivity index (χ2v) is 10.1. The fourth-order valence-corrected chi connectivity index (χ4v) is 5.73. The largest absolute Gasteiger partial charge is 0.341 e. The van der Waals surface area contributed by atoms with Crippen molar-refractivity contribution in [1.82, 2.24) is 9.80 Å². The average molecular weight is 496 g/mol. The van der Waals surface area contributed by atoms with E-state index < -0.39 is 0 Å². The highest BCUT2D eigenvalue weighted by Gasteiger charge is 2.21. The summed E-state index contributed by atoms with van der Waals surface area (Å²) in [5.41, 5.74) is 3.02. The smallest absolute Gasteiger partial charge is 0.238 e. The lowest BCUT2D eigenvalue weighted by Gasteiger charge is -2.22. The van der Waals surface area contributed by atoms with E-state index in [0.717, 1.165) is 45.4 Å². The van der Waals surface area contributed by atoms with Gasteiger partial charge in [0.15, 0.2) is 0 Å². The molecule has 2 amide bonds. The number of rotatable bonds is 6. The van der Waals surface area contributed by atoms with Crippen LogP contribution in [-0.4, -0.2) is 60.1 Å². The summed E-state index contributed by atoms with van der Waals surface area (Å²) in [5, 5.41) is 5.85. The van der Waals surface area contributed by atoms with Gasteiger partial charge in [0.2, 0.25) is 11.8 Å². The molecular weight excluding hydrogens is 466 g/mol. The minimum Gasteiger partial charge on any atom is -0.341 e. The van der Waals surface area contributed by atoms with Gasteiger partial charge in [0.05, 0.1) is 12.3 Å². The summed E-state index contributed by atoms with van der Waals surface area (Å²) in [6.45, 7) is 7.17. The highest BCUT2D eigenvalue weighted by molar-refractivity contribution is 8.00. The third kappa shape index (κ3) is 5.93. The molecule has 7 heteroatoms. The van der Waals surface area contributed by atoms with Crippen LogP contribution < -0.4 is 5.32 Å². The third-order valence-electron chi connectivity index (χ3n) is 6.22. The topological polar surface area (TPSA) is 52.7 Å². The molecule has 5 nitrogen and oxygen atoms in total. The molecule has 4 rings (SSSR count). The van der Waals surface area contributed by atoms with Gasteiger partial charge in [-0.3, -0.25) is 14.5 Å². The first-order chi connectivity index (χ1) is 16.4. The Bertz CT molecular complexity index is 1170. The Balaban J connectivity index is 1.30. The van der Waals surface area contributed by atoms with Crippen molar-refractivity contribution in [2.24, 2.45) is 0 Å². The lowest BCUT2D eigenvalue weighted by Crippen LogP contribution is -2.38. The van der Waals surface area contributed by atoms with Gasteiger partial charge in [0.25, 0.3) is 0 Å². The van der Waals surface area contributed by atoms with Crippen LogP contribution in [0.4, 0.5) is 5.69 Å². The van der Waals surface area contributed by atoms with Gasteiger partial charge in [-0.25, -0.2) is 0 Å². The Labute approximate surface area is 210 Å². The lowest BCUT2D eigenvalue weighted by atomic mass is 10.1. The molecule has 1 aliphatic rings. The molecule has 0 bridgehead atoms. The number of thioether (sulfide) groups is 1. The van der Waals surface area contributed by atoms with Crippen molar-refractivity contribution in [3.8, 4) is 0 Å². The highest BCUT2D eigenvalue weighted by atomic mass is 35.5. The number of nitrogens with zero attached hydrogens (tertiary/aromatic N) is 2. The maximum Gasteiger partial charge on any atom is 0.238 e. The second kappa shape index (κ2) is 11.3. The van der Waals surface area contributed by atoms with Crippen molar-refractivity contribution in [1.29, 1.82) is 0 Å². The standard InChI is InChI=1S/C27H30ClN3O2S/c1-19-7-3-8-20(2)27(19)29-24(32)17-30-13-6-14-31(16-15-30)25(33)18-34-23-12-5-10-21-9-4-11-22(28)26(21)23/h3-5,7-12H,6,13-18H2,1-2H3,(H,29,32). The number of aryl methyl sites for hydroxylation is 2. The number of anilines is 1. The highest BCUT2D eigenvalue weighted by Crippen LogP contribution is 2.33. The number of halogens is 1. The number of para-hydroxylation sites is 1. The van der Waals surface area contributed by atoms with Gasteiger partial charge in [-0.2, -0.15) is 0 Å². The van der Waals surface area contributed by atoms with Crippen LogP contribution in [0.2, 0.25) is 5.02 Å². The number of nitrogens with one attached hydrogen (secondary N) is 1. The van der Waals surface area contributed by atoms with E-state index in [-0.39, 0.29) is 11.8 Å². The molecule has 1 heterocycles. The van der Waals surface area contributed by atoms with Crippen LogP contribution in [0.15, 0.2) is 59.5 Å². The van der Waals surface area contributed by atoms with E-state index >= 15 is 0 Å². The van der Waals surface area contributed by atoms with Gasteiger partial charge in [0, 0.05) is 47.2 Å². The molecule has 1 N–H and O–H groups in total. The Morgan fingerprint density at radius 1 is 0.941 bits per heavy atom. The summed E-state index contributed by atoms with van der Waals surface area (Å²) in [6, 6.07) is 17.9. The van der Waals surface area contributed by atoms with Crippen molar-refractivity contribution in [3.05, 3.63) is 70.7 Å². The molecule has 0 saturated carbocycles. The normalized spacial score (nSPS) is 14.7. The molecule has 0 spiro atoms. The minimum absolute atomic E-state index is 0.0134. The van der Waals surface area contributed by atoms with Gasteiger partial charge >= 0.3 is 0 Å². The molecule has 3 aromatic rings. The van der Waals surface area contributed by atoms with E-state index in [4.69, 9.17) is 11.6 Å². The Hall–Kier alpha value is -2.54. The Morgan fingerprint density at radius 2 is 1.65 bits per heavy atom. The summed E-state index contributed by atoms with van der Waals surface area (Å²) >= 11 is 7.96. The van der Waals surface area contributed by atoms with Gasteiger partial charge in [-0.05, 0) is 48.9 Å². The molecule has 34 heavy (non-hydrogen) atoms. The zero-order chi connectivity index (χ0) is 24.1. The molecule has 1 fully saturated rings. The predicted molar refractivity (Wildman–Crippen MR) is 142 cm³/mol. The number of benzene rings is 3. The van der Waals surface area contributed by atoms with Crippen LogP contribution >= 0.6 is 23.4 Å². The van der Waals surface area contributed by atoms with Crippen molar-refractivity contribution >= 4 is 51.6 Å². The second-order valence-electron chi connectivity index (χ2n) is 8.71. The van der Waals surface area contributed by atoms with Crippen molar-refractivity contribution < 1.29 is 9.59 Å². The number of hydrogen-bond donors (Lipinski definition) is 1. The molecule has 1 aliphatic heterocycles. The van der Waals surface area contributed by atoms with Gasteiger partial charge in [-0.1, -0.05) is 54.1 Å². The van der Waals surface area contributed by atoms with Gasteiger partial charge in [0.1, 0.15) is 0 Å². The fraction of sp³-hybridized carbons (Fsp3) is 0.333. The first kappa shape index (κ1) is 24.6. The first-order valence-corrected chi connectivity index (χ1v) is 12.9. The molecule has 0 aliphatic carbocycles. The van der Waals surface area contributed by atoms with Crippen molar-refractivity contribution in [2.45, 2.75) is 25.2 Å². The molecule has 1 saturated heterocycles. The Morgan fingerprint density at radius 3 is 2.41 bits per heavy atom. The molecular formula is C27H30ClN3O2S. The van der Waals surface area contributed by atoms with Gasteiger partial charge < -0.3 is 10.2 Å². The van der Waals surface area contributed by atoms with Gasteiger partial charge in [-0.15, -0.1) is 11.8 Å². The summed E-state index contributed by atoms with van der Waals surface area (Å²) in [6.07, 6.45) is 0.854. The Kier molecular flexibility index (Phi) is 8.14. The van der Waals surface area contributed by atoms with E-state index in [1.54, 1.807) is 0 Å². The van der Waals surface area contributed by atoms with E-state index in [0.29, 0.717) is 37.0 Å². The number of carbonyl (C=O) groups excluding carboxylic acids is 2. The van der Waals surface area contributed by atoms with E-state index in [2.05, 4.69) is 10.2 Å². The molecule has 0 atom stereocenters. The van der Waals surface area contributed by atoms with Crippen LogP contribution in [0.1, 0.15) is 17.5 Å². The monoisotopic (exact) mass is 495 g/mol. The molecule has 0 unspecified atom stereocenters. The predicted octanol–water partition coefficient (Wildman–Crippen LogP) is 5.38. The maximum atomic E-state index is 13.0. The SMILES string of the molecule is Cc1cccc(C)c1NC(=O)CN1CCCN(C(=O)CSc2cccc3cccc(Cl)c23)CC1. The van der Waals surface area contributed by atoms with Crippen molar-refractivity contribution in [2.75, 3.05) is 43.8 Å². The number of carbonyl (C=O) groups is 2. The van der Waals surface area contributed by atoms with Crippen molar-refractivity contribution in [3.63, 3.8) is 0 Å². The number of fused-ring (bicyclic) bond motifs is 1. The summed E-state index contributed by atoms with van der Waals surface area (Å²) < 4.78 is 0. The molecule has 178 valence electrons. The maximum absolute atomic E-state index is 13.0. The van der Waals surface area contributed by atoms with Crippen LogP contribution in [-0.2, 0) is 9.59 Å². The van der Waals surface area contributed by atoms with Crippen LogP contribution in [0, 0.1) is 13.8 Å². The summed E-state index contributed by atoms with van der Waals surface area (Å²) in [5.74, 6) is 0.480. The fourth-order valence-electron chi connectivity index (χ4n) is 4.39. The molecule has 0 radical (unpaired) electrons. The van der Waals surface area contributed by atoms with Crippen LogP contribution in [0.5, 0.6) is 0 Å². The summed E-state index contributed by atoms with van der Waals surface area (Å²) in [7, 11) is 0. The zero-order valence-corrected chi connectivity index (χ0v) is 21.2. The lowest BCUT2D eigenvalue weighted by molar-refractivity contribution is -0.128. The summed E-state index contributed by atoms with van der Waals surface area (Å²) in [4.78, 5) is 30.7. The molecule has 0 aromatic heterocycles. The quantitative estimate of drug-likeness (QED) is 0.467. The van der Waals surface area contributed by atoms with Crippen LogP contribution in [0.3, 0.4) is 0 Å². The third-order valence-corrected chi connectivity index (χ3v) is 7.58. The zero-order valence-electron chi connectivity index (χ0n) is 19.6. The van der Waals surface area contributed by atoms with E-state index in [1.807, 2.05) is 73.3 Å². The van der Waals surface area contributed by atoms with E-state index in [9.17, 15) is 9.59 Å². The van der Waals surface area contributed by atoms with Crippen LogP contribution in [0.25, 0.3) is 10.8 Å². The average Bonchev–Trinajstić information content (AvgIpc) is 3.05. The first-order valence-electron chi connectivity index (χ1n) is 11.6. The molecule has 3 aromatic carbocycles.